The van der Waals surface area contributed by atoms with Crippen molar-refractivity contribution in [1.29, 1.82) is 0 Å². The molecular weight excluding hydrogens is 279 g/mol. The van der Waals surface area contributed by atoms with Crippen molar-refractivity contribution in [1.82, 2.24) is 9.55 Å². The lowest BCUT2D eigenvalue weighted by molar-refractivity contribution is -0.0923. The lowest BCUT2D eigenvalue weighted by atomic mass is 9.98. The highest BCUT2D eigenvalue weighted by Crippen LogP contribution is 2.39. The largest absolute Gasteiger partial charge is 0.394 e. The van der Waals surface area contributed by atoms with Gasteiger partial charge >= 0.3 is 0 Å². The van der Waals surface area contributed by atoms with Crippen LogP contribution in [0.2, 0.25) is 0 Å². The lowest BCUT2D eigenvalue weighted by Crippen LogP contribution is -2.41. The predicted molar refractivity (Wildman–Crippen MR) is 67.0 cm³/mol. The van der Waals surface area contributed by atoms with Gasteiger partial charge in [-0.1, -0.05) is 12.2 Å². The van der Waals surface area contributed by atoms with Crippen molar-refractivity contribution in [2.75, 3.05) is 6.61 Å². The maximum absolute atomic E-state index is 13.9. The van der Waals surface area contributed by atoms with Gasteiger partial charge in [0.15, 0.2) is 17.2 Å². The molecule has 0 aliphatic carbocycles. The van der Waals surface area contributed by atoms with Crippen molar-refractivity contribution >= 4 is 24.4 Å². The Morgan fingerprint density at radius 1 is 1.61 bits per heavy atom. The highest BCUT2D eigenvalue weighted by atomic mass is 32.1. The molecule has 1 aliphatic rings. The molecule has 0 spiro atoms. The van der Waals surface area contributed by atoms with Crippen LogP contribution in [0.1, 0.15) is 13.2 Å². The number of halogens is 1. The molecule has 1 aromatic rings. The molecule has 100 valence electrons. The quantitative estimate of drug-likeness (QED) is 0.716. The Labute approximate surface area is 113 Å². The number of aliphatic hydroxyl groups excluding tert-OH is 1. The second-order valence-electron chi connectivity index (χ2n) is 4.35. The summed E-state index contributed by atoms with van der Waals surface area (Å²) in [5.41, 5.74) is -1.78. The Balaban J connectivity index is 2.45. The zero-order valence-electron chi connectivity index (χ0n) is 9.54. The summed E-state index contributed by atoms with van der Waals surface area (Å²) < 4.78 is 21.2. The molecule has 1 fully saturated rings. The van der Waals surface area contributed by atoms with Crippen LogP contribution in [0.5, 0.6) is 0 Å². The van der Waals surface area contributed by atoms with Crippen molar-refractivity contribution < 1.29 is 19.3 Å². The van der Waals surface area contributed by atoms with E-state index in [2.05, 4.69) is 4.98 Å². The number of aromatic nitrogens is 2. The van der Waals surface area contributed by atoms with Gasteiger partial charge in [0.05, 0.1) is 6.61 Å². The zero-order valence-corrected chi connectivity index (χ0v) is 11.2. The fourth-order valence-electron chi connectivity index (χ4n) is 1.98. The number of nitrogens with zero attached hydrogens (tertiary/aromatic N) is 1. The van der Waals surface area contributed by atoms with Crippen LogP contribution in [0.25, 0.3) is 0 Å². The third-order valence-corrected chi connectivity index (χ3v) is 3.52. The van der Waals surface area contributed by atoms with Gasteiger partial charge in [0.25, 0.3) is 0 Å². The van der Waals surface area contributed by atoms with E-state index in [0.717, 1.165) is 0 Å². The Bertz CT molecular complexity index is 557. The Kier molecular flexibility index (Phi) is 3.65. The van der Waals surface area contributed by atoms with Gasteiger partial charge in [-0.2, -0.15) is 0 Å². The summed E-state index contributed by atoms with van der Waals surface area (Å²) in [6.07, 6.45) is -2.26. The van der Waals surface area contributed by atoms with E-state index >= 15 is 0 Å². The summed E-state index contributed by atoms with van der Waals surface area (Å²) in [5, 5.41) is 19.2. The van der Waals surface area contributed by atoms with Gasteiger partial charge in [0, 0.05) is 6.20 Å². The number of alkyl halides is 1. The van der Waals surface area contributed by atoms with Crippen LogP contribution < -0.4 is 0 Å². The van der Waals surface area contributed by atoms with E-state index in [-0.39, 0.29) is 4.77 Å². The number of aromatic amines is 1. The Morgan fingerprint density at radius 2 is 2.28 bits per heavy atom. The zero-order chi connectivity index (χ0) is 13.5. The number of ether oxygens (including phenoxy) is 1. The van der Waals surface area contributed by atoms with E-state index in [9.17, 15) is 9.50 Å². The highest BCUT2D eigenvalue weighted by molar-refractivity contribution is 7.72. The molecule has 0 saturated carbocycles. The third-order valence-electron chi connectivity index (χ3n) is 2.97. The number of nitrogens with one attached hydrogen (secondary N) is 1. The van der Waals surface area contributed by atoms with Crippen LogP contribution >= 0.6 is 24.4 Å². The van der Waals surface area contributed by atoms with Crippen LogP contribution in [0.15, 0.2) is 12.3 Å². The van der Waals surface area contributed by atoms with Gasteiger partial charge in [-0.25, -0.2) is 4.39 Å². The van der Waals surface area contributed by atoms with Crippen molar-refractivity contribution in [3.63, 3.8) is 0 Å². The lowest BCUT2D eigenvalue weighted by Gasteiger charge is -2.27. The average Bonchev–Trinajstić information content (AvgIpc) is 2.52. The summed E-state index contributed by atoms with van der Waals surface area (Å²) in [7, 11) is 0. The standard InChI is InChI=1S/C10H13FN2O3S2/c1-10(15)7(11)5(4-14)16-8(10)13-3-2-6(17)12-9(13)18/h2-3,5,7-8,14-15H,4H2,1H3,(H,12,17,18)/t5-,7?,8-,10-/m1/s1. The SMILES string of the molecule is C[C@@]1(O)C(F)[C@@H](CO)O[C@H]1n1ccc(=S)[nH]c1=S. The first-order valence-corrected chi connectivity index (χ1v) is 6.14. The summed E-state index contributed by atoms with van der Waals surface area (Å²) in [4.78, 5) is 2.72. The molecule has 2 heterocycles. The first kappa shape index (κ1) is 13.8. The van der Waals surface area contributed by atoms with Gasteiger partial charge in [0.1, 0.15) is 16.3 Å². The molecule has 0 amide bonds. The van der Waals surface area contributed by atoms with E-state index in [4.69, 9.17) is 34.3 Å². The maximum Gasteiger partial charge on any atom is 0.180 e. The molecule has 18 heavy (non-hydrogen) atoms. The van der Waals surface area contributed by atoms with Crippen LogP contribution in [0, 0.1) is 9.41 Å². The van der Waals surface area contributed by atoms with Gasteiger partial charge < -0.3 is 19.9 Å². The van der Waals surface area contributed by atoms with Gasteiger partial charge in [-0.3, -0.25) is 4.57 Å². The van der Waals surface area contributed by atoms with Crippen LogP contribution in [-0.4, -0.2) is 44.2 Å². The number of rotatable bonds is 2. The van der Waals surface area contributed by atoms with Crippen LogP contribution in [-0.2, 0) is 4.74 Å². The summed E-state index contributed by atoms with van der Waals surface area (Å²) in [6, 6.07) is 1.56. The van der Waals surface area contributed by atoms with Crippen molar-refractivity contribution in [3.8, 4) is 0 Å². The molecule has 0 radical (unpaired) electrons. The number of hydrogen-bond donors (Lipinski definition) is 3. The van der Waals surface area contributed by atoms with Crippen LogP contribution in [0.3, 0.4) is 0 Å². The summed E-state index contributed by atoms with van der Waals surface area (Å²) >= 11 is 9.96. The first-order valence-electron chi connectivity index (χ1n) is 5.32. The maximum atomic E-state index is 13.9. The normalized spacial score (nSPS) is 35.9. The molecule has 1 unspecified atom stereocenters. The summed E-state index contributed by atoms with van der Waals surface area (Å²) in [5.74, 6) is 0. The van der Waals surface area contributed by atoms with E-state index < -0.39 is 30.7 Å². The second-order valence-corrected chi connectivity index (χ2v) is 5.18. The minimum absolute atomic E-state index is 0.221. The molecule has 1 aromatic heterocycles. The van der Waals surface area contributed by atoms with Crippen molar-refractivity contribution in [3.05, 3.63) is 21.7 Å². The van der Waals surface area contributed by atoms with E-state index in [1.54, 1.807) is 6.07 Å². The van der Waals surface area contributed by atoms with Crippen molar-refractivity contribution in [2.24, 2.45) is 0 Å². The number of hydrogen-bond acceptors (Lipinski definition) is 5. The minimum Gasteiger partial charge on any atom is -0.394 e. The molecule has 1 aliphatic heterocycles. The van der Waals surface area contributed by atoms with E-state index in [1.807, 2.05) is 0 Å². The molecule has 5 nitrogen and oxygen atoms in total. The topological polar surface area (TPSA) is 70.4 Å². The van der Waals surface area contributed by atoms with Gasteiger partial charge in [-0.15, -0.1) is 0 Å². The Morgan fingerprint density at radius 3 is 2.78 bits per heavy atom. The molecule has 8 heteroatoms. The van der Waals surface area contributed by atoms with Crippen LogP contribution in [0.4, 0.5) is 4.39 Å². The highest BCUT2D eigenvalue weighted by Gasteiger charge is 2.54. The summed E-state index contributed by atoms with van der Waals surface area (Å²) in [6.45, 7) is 0.797. The molecular formula is C10H13FN2O3S2. The number of aliphatic hydroxyl groups is 2. The molecule has 0 bridgehead atoms. The predicted octanol–water partition coefficient (Wildman–Crippen LogP) is 1.25. The monoisotopic (exact) mass is 292 g/mol. The molecule has 1 saturated heterocycles. The molecule has 0 aromatic carbocycles. The molecule has 2 rings (SSSR count). The number of H-pyrrole nitrogens is 1. The minimum atomic E-state index is -1.78. The second kappa shape index (κ2) is 4.78. The molecule has 3 N–H and O–H groups in total. The third kappa shape index (κ3) is 2.14. The van der Waals surface area contributed by atoms with E-state index in [1.165, 1.54) is 17.7 Å². The van der Waals surface area contributed by atoms with Gasteiger partial charge in [0.2, 0.25) is 0 Å². The van der Waals surface area contributed by atoms with Crippen molar-refractivity contribution in [2.45, 2.75) is 31.0 Å². The fourth-order valence-corrected chi connectivity index (χ4v) is 2.47. The smallest absolute Gasteiger partial charge is 0.180 e. The molecule has 4 atom stereocenters. The Hall–Kier alpha value is -0.670. The van der Waals surface area contributed by atoms with E-state index in [0.29, 0.717) is 4.64 Å². The average molecular weight is 292 g/mol. The fraction of sp³-hybridized carbons (Fsp3) is 0.600. The van der Waals surface area contributed by atoms with Gasteiger partial charge in [-0.05, 0) is 25.2 Å². The first-order chi connectivity index (χ1) is 8.37.